The Morgan fingerprint density at radius 2 is 1.96 bits per heavy atom. The maximum absolute atomic E-state index is 11.7. The number of benzene rings is 2. The van der Waals surface area contributed by atoms with Crippen LogP contribution in [0.25, 0.3) is 6.08 Å². The van der Waals surface area contributed by atoms with E-state index in [0.29, 0.717) is 30.2 Å². The molecule has 1 N–H and O–H groups in total. The minimum Gasteiger partial charge on any atom is -0.497 e. The number of carbonyl (C=O) groups excluding carboxylic acids is 1. The van der Waals surface area contributed by atoms with Gasteiger partial charge >= 0.3 is 0 Å². The normalized spacial score (nSPS) is 10.4. The first-order chi connectivity index (χ1) is 12.1. The van der Waals surface area contributed by atoms with Gasteiger partial charge in [0.15, 0.2) is 0 Å². The Morgan fingerprint density at radius 3 is 2.72 bits per heavy atom. The molecule has 0 atom stereocenters. The van der Waals surface area contributed by atoms with Crippen LogP contribution in [0.5, 0.6) is 11.5 Å². The lowest BCUT2D eigenvalue weighted by Crippen LogP contribution is -2.26. The molecule has 0 spiro atoms. The molecule has 7 heteroatoms. The van der Waals surface area contributed by atoms with Crippen molar-refractivity contribution >= 4 is 17.7 Å². The third kappa shape index (κ3) is 5.98. The Kier molecular flexibility index (Phi) is 6.53. The molecule has 0 unspecified atom stereocenters. The van der Waals surface area contributed by atoms with E-state index < -0.39 is 4.92 Å². The highest BCUT2D eigenvalue weighted by Gasteiger charge is 2.04. The van der Waals surface area contributed by atoms with Crippen molar-refractivity contribution < 1.29 is 19.2 Å². The molecule has 130 valence electrons. The number of hydrogen-bond acceptors (Lipinski definition) is 5. The van der Waals surface area contributed by atoms with E-state index in [1.54, 1.807) is 31.4 Å². The summed E-state index contributed by atoms with van der Waals surface area (Å²) in [6.45, 7) is 0.638. The van der Waals surface area contributed by atoms with E-state index in [-0.39, 0.29) is 11.6 Å². The first-order valence-corrected chi connectivity index (χ1v) is 7.56. The van der Waals surface area contributed by atoms with Gasteiger partial charge in [-0.05, 0) is 23.8 Å². The predicted molar refractivity (Wildman–Crippen MR) is 93.6 cm³/mol. The summed E-state index contributed by atoms with van der Waals surface area (Å²) in [6.07, 6.45) is 2.84. The van der Waals surface area contributed by atoms with E-state index in [0.717, 1.165) is 0 Å². The lowest BCUT2D eigenvalue weighted by Gasteiger charge is -2.07. The summed E-state index contributed by atoms with van der Waals surface area (Å²) in [7, 11) is 1.58. The van der Waals surface area contributed by atoms with Gasteiger partial charge in [-0.25, -0.2) is 0 Å². The molecular weight excluding hydrogens is 324 g/mol. The van der Waals surface area contributed by atoms with Crippen LogP contribution >= 0.6 is 0 Å². The van der Waals surface area contributed by atoms with Gasteiger partial charge in [0.05, 0.1) is 18.6 Å². The van der Waals surface area contributed by atoms with Crippen LogP contribution in [0.3, 0.4) is 0 Å². The fourth-order valence-corrected chi connectivity index (χ4v) is 2.01. The number of nitro benzene ring substituents is 1. The zero-order valence-electron chi connectivity index (χ0n) is 13.7. The van der Waals surface area contributed by atoms with Crippen LogP contribution in [0.15, 0.2) is 54.6 Å². The van der Waals surface area contributed by atoms with Crippen LogP contribution in [-0.2, 0) is 4.79 Å². The SMILES string of the molecule is COc1cccc(OCCNC(=O)/C=C/c2cccc([N+](=O)[O-])c2)c1. The summed E-state index contributed by atoms with van der Waals surface area (Å²) in [5.41, 5.74) is 0.561. The minimum absolute atomic E-state index is 0.0192. The maximum atomic E-state index is 11.7. The third-order valence-electron chi connectivity index (χ3n) is 3.22. The van der Waals surface area contributed by atoms with Crippen LogP contribution < -0.4 is 14.8 Å². The first-order valence-electron chi connectivity index (χ1n) is 7.56. The van der Waals surface area contributed by atoms with E-state index >= 15 is 0 Å². The van der Waals surface area contributed by atoms with Crippen molar-refractivity contribution in [2.45, 2.75) is 0 Å². The second kappa shape index (κ2) is 9.07. The lowest BCUT2D eigenvalue weighted by atomic mass is 10.2. The van der Waals surface area contributed by atoms with Crippen molar-refractivity contribution in [3.8, 4) is 11.5 Å². The molecule has 0 saturated heterocycles. The molecule has 2 rings (SSSR count). The number of nitrogens with one attached hydrogen (secondary N) is 1. The second-order valence-corrected chi connectivity index (χ2v) is 5.00. The molecule has 0 heterocycles. The highest BCUT2D eigenvalue weighted by molar-refractivity contribution is 5.91. The monoisotopic (exact) mass is 342 g/mol. The number of hydrogen-bond donors (Lipinski definition) is 1. The average Bonchev–Trinajstić information content (AvgIpc) is 2.64. The van der Waals surface area contributed by atoms with Crippen molar-refractivity contribution in [1.82, 2.24) is 5.32 Å². The van der Waals surface area contributed by atoms with E-state index in [4.69, 9.17) is 9.47 Å². The molecule has 2 aromatic carbocycles. The molecule has 0 aliphatic rings. The number of ether oxygens (including phenoxy) is 2. The zero-order chi connectivity index (χ0) is 18.1. The van der Waals surface area contributed by atoms with E-state index in [9.17, 15) is 14.9 Å². The molecule has 0 saturated carbocycles. The standard InChI is InChI=1S/C18H18N2O5/c1-24-16-6-3-7-17(13-16)25-11-10-19-18(21)9-8-14-4-2-5-15(12-14)20(22)23/h2-9,12-13H,10-11H2,1H3,(H,19,21)/b9-8+. The summed E-state index contributed by atoms with van der Waals surface area (Å²) in [5.74, 6) is 1.04. The molecule has 2 aromatic rings. The highest BCUT2D eigenvalue weighted by atomic mass is 16.6. The molecule has 0 radical (unpaired) electrons. The van der Waals surface area contributed by atoms with E-state index in [1.165, 1.54) is 24.3 Å². The molecular formula is C18H18N2O5. The van der Waals surface area contributed by atoms with Gasteiger partial charge in [-0.2, -0.15) is 0 Å². The van der Waals surface area contributed by atoms with Crippen LogP contribution in [0.1, 0.15) is 5.56 Å². The molecule has 0 fully saturated rings. The zero-order valence-corrected chi connectivity index (χ0v) is 13.7. The lowest BCUT2D eigenvalue weighted by molar-refractivity contribution is -0.384. The van der Waals surface area contributed by atoms with Gasteiger partial charge in [0.2, 0.25) is 5.91 Å². The summed E-state index contributed by atoms with van der Waals surface area (Å²) in [4.78, 5) is 22.0. The van der Waals surface area contributed by atoms with Gasteiger partial charge in [-0.15, -0.1) is 0 Å². The van der Waals surface area contributed by atoms with Crippen LogP contribution in [0.4, 0.5) is 5.69 Å². The third-order valence-corrected chi connectivity index (χ3v) is 3.22. The van der Waals surface area contributed by atoms with Gasteiger partial charge in [-0.1, -0.05) is 18.2 Å². The first kappa shape index (κ1) is 18.0. The second-order valence-electron chi connectivity index (χ2n) is 5.00. The summed E-state index contributed by atoms with van der Waals surface area (Å²) in [5, 5.41) is 13.4. The van der Waals surface area contributed by atoms with Crippen molar-refractivity contribution in [3.63, 3.8) is 0 Å². The fourth-order valence-electron chi connectivity index (χ4n) is 2.01. The molecule has 7 nitrogen and oxygen atoms in total. The Bertz CT molecular complexity index is 774. The quantitative estimate of drug-likeness (QED) is 0.345. The Balaban J connectivity index is 1.76. The Hall–Kier alpha value is -3.35. The number of amides is 1. The summed E-state index contributed by atoms with van der Waals surface area (Å²) in [6, 6.07) is 13.2. The minimum atomic E-state index is -0.479. The Morgan fingerprint density at radius 1 is 1.20 bits per heavy atom. The molecule has 25 heavy (non-hydrogen) atoms. The van der Waals surface area contributed by atoms with Crippen molar-refractivity contribution in [2.75, 3.05) is 20.3 Å². The molecule has 1 amide bonds. The van der Waals surface area contributed by atoms with E-state index in [2.05, 4.69) is 5.32 Å². The maximum Gasteiger partial charge on any atom is 0.270 e. The smallest absolute Gasteiger partial charge is 0.270 e. The Labute approximate surface area is 145 Å². The largest absolute Gasteiger partial charge is 0.497 e. The summed E-state index contributed by atoms with van der Waals surface area (Å²) >= 11 is 0. The van der Waals surface area contributed by atoms with Gasteiger partial charge in [-0.3, -0.25) is 14.9 Å². The number of rotatable bonds is 8. The van der Waals surface area contributed by atoms with Crippen molar-refractivity contribution in [1.29, 1.82) is 0 Å². The van der Waals surface area contributed by atoms with Crippen molar-refractivity contribution in [2.24, 2.45) is 0 Å². The van der Waals surface area contributed by atoms with Crippen LogP contribution in [0.2, 0.25) is 0 Å². The van der Waals surface area contributed by atoms with Crippen LogP contribution in [-0.4, -0.2) is 31.1 Å². The summed E-state index contributed by atoms with van der Waals surface area (Å²) < 4.78 is 10.6. The van der Waals surface area contributed by atoms with Gasteiger partial charge in [0, 0.05) is 24.3 Å². The molecule has 0 aliphatic heterocycles. The average molecular weight is 342 g/mol. The number of carbonyl (C=O) groups is 1. The number of nitro groups is 1. The number of nitrogens with zero attached hydrogens (tertiary/aromatic N) is 1. The predicted octanol–water partition coefficient (Wildman–Crippen LogP) is 2.81. The van der Waals surface area contributed by atoms with Gasteiger partial charge in [0.25, 0.3) is 5.69 Å². The highest BCUT2D eigenvalue weighted by Crippen LogP contribution is 2.18. The van der Waals surface area contributed by atoms with Gasteiger partial charge in [0.1, 0.15) is 18.1 Å². The molecule has 0 bridgehead atoms. The topological polar surface area (TPSA) is 90.7 Å². The number of methoxy groups -OCH3 is 1. The van der Waals surface area contributed by atoms with Crippen LogP contribution in [0, 0.1) is 10.1 Å². The van der Waals surface area contributed by atoms with Crippen molar-refractivity contribution in [3.05, 3.63) is 70.3 Å². The van der Waals surface area contributed by atoms with Gasteiger partial charge < -0.3 is 14.8 Å². The molecule has 0 aromatic heterocycles. The fraction of sp³-hybridized carbons (Fsp3) is 0.167. The molecule has 0 aliphatic carbocycles. The van der Waals surface area contributed by atoms with E-state index in [1.807, 2.05) is 12.1 Å². The number of non-ortho nitro benzene ring substituents is 1.